The predicted octanol–water partition coefficient (Wildman–Crippen LogP) is 4.44. The Balaban J connectivity index is 1.21. The number of methoxy groups -OCH3 is 1. The molecule has 3 saturated heterocycles. The maximum Gasteiger partial charge on any atom is 0.410 e. The number of cyclic esters (lactones) is 1. The summed E-state index contributed by atoms with van der Waals surface area (Å²) in [7, 11) is 0.0751. The molecule has 0 unspecified atom stereocenters. The van der Waals surface area contributed by atoms with Crippen LogP contribution in [0, 0.1) is 23.7 Å². The highest BCUT2D eigenvalue weighted by molar-refractivity contribution is 7.90. The van der Waals surface area contributed by atoms with E-state index in [1.165, 1.54) is 23.7 Å². The lowest BCUT2D eigenvalue weighted by Gasteiger charge is -2.47. The number of hydrogen-bond acceptors (Lipinski definition) is 15. The van der Waals surface area contributed by atoms with Crippen molar-refractivity contribution in [2.24, 2.45) is 28.7 Å². The first-order valence-electron chi connectivity index (χ1n) is 22.8. The number of rotatable bonds is 13. The van der Waals surface area contributed by atoms with Gasteiger partial charge in [-0.25, -0.2) is 22.3 Å². The molecule has 19 heteroatoms. The summed E-state index contributed by atoms with van der Waals surface area (Å²) in [5, 5.41) is 20.6. The Hall–Kier alpha value is -3.88. The third-order valence-corrected chi connectivity index (χ3v) is 15.5. The number of esters is 1. The van der Waals surface area contributed by atoms with Gasteiger partial charge >= 0.3 is 12.1 Å². The first-order valence-corrected chi connectivity index (χ1v) is 24.7. The molecular formula is C46H69FN6O11S. The number of aromatic nitrogens is 3. The van der Waals surface area contributed by atoms with Gasteiger partial charge in [0.25, 0.3) is 0 Å². The SMILES string of the molecule is CC[C@H]1OC(=O)[C@H](C)C(=O)[C@H](C)[C@@H](O[C@@H]2O[C@H](C)C[C@H](N(C)CCc3cn([C@H](CF)Cc4ccc(S(C)(=O)=O)cc4)nn3)[C@H]2O)[C@](C)(OC)C[C@@H](C)C2=NCCN3C(=O)O[C@@]1(C)[C@H]3[C@H]2C. The molecule has 5 heterocycles. The molecule has 3 fully saturated rings. The highest BCUT2D eigenvalue weighted by Gasteiger charge is 2.60. The quantitative estimate of drug-likeness (QED) is 0.218. The minimum Gasteiger partial charge on any atom is -0.458 e. The van der Waals surface area contributed by atoms with Gasteiger partial charge < -0.3 is 33.7 Å². The molecule has 1 N–H and O–H groups in total. The molecule has 2 bridgehead atoms. The number of carbonyl (C=O) groups excluding carboxylic acids is 3. The molecule has 14 atom stereocenters. The Bertz CT molecular complexity index is 2160. The number of aliphatic hydroxyl groups is 1. The molecule has 4 aliphatic rings. The predicted molar refractivity (Wildman–Crippen MR) is 238 cm³/mol. The number of ether oxygens (including phenoxy) is 5. The molecule has 65 heavy (non-hydrogen) atoms. The zero-order valence-electron chi connectivity index (χ0n) is 39.7. The van der Waals surface area contributed by atoms with Gasteiger partial charge in [0.2, 0.25) is 0 Å². The van der Waals surface area contributed by atoms with Gasteiger partial charge in [-0.1, -0.05) is 45.0 Å². The molecule has 0 saturated carbocycles. The third kappa shape index (κ3) is 10.5. The Morgan fingerprint density at radius 3 is 2.40 bits per heavy atom. The average Bonchev–Trinajstić information content (AvgIpc) is 3.78. The van der Waals surface area contributed by atoms with Crippen LogP contribution in [0.25, 0.3) is 0 Å². The molecule has 0 aliphatic carbocycles. The number of fused-ring (bicyclic) bond motifs is 1. The van der Waals surface area contributed by atoms with Crippen molar-refractivity contribution >= 4 is 33.4 Å². The fourth-order valence-electron chi connectivity index (χ4n) is 10.7. The van der Waals surface area contributed by atoms with Gasteiger partial charge in [-0.3, -0.25) is 19.5 Å². The van der Waals surface area contributed by atoms with Crippen LogP contribution in [-0.2, 0) is 56.0 Å². The van der Waals surface area contributed by atoms with E-state index in [0.717, 1.165) is 17.5 Å². The van der Waals surface area contributed by atoms with Crippen molar-refractivity contribution in [3.63, 3.8) is 0 Å². The molecule has 1 amide bonds. The second-order valence-corrected chi connectivity index (χ2v) is 21.2. The number of benzene rings is 1. The third-order valence-electron chi connectivity index (χ3n) is 14.4. The molecule has 2 aromatic rings. The van der Waals surface area contributed by atoms with Crippen LogP contribution in [0.3, 0.4) is 0 Å². The maximum absolute atomic E-state index is 14.5. The zero-order valence-corrected chi connectivity index (χ0v) is 40.5. The zero-order chi connectivity index (χ0) is 47.8. The summed E-state index contributed by atoms with van der Waals surface area (Å²) in [5.74, 6) is -3.86. The van der Waals surface area contributed by atoms with E-state index in [0.29, 0.717) is 51.0 Å². The number of aliphatic imine (C=N–C) groups is 1. The molecule has 6 rings (SSSR count). The van der Waals surface area contributed by atoms with Crippen LogP contribution in [0.5, 0.6) is 0 Å². The van der Waals surface area contributed by atoms with E-state index < -0.39 is 100 Å². The Kier molecular flexibility index (Phi) is 15.7. The normalized spacial score (nSPS) is 35.5. The lowest BCUT2D eigenvalue weighted by atomic mass is 9.73. The number of likely N-dealkylation sites (N-methyl/N-ethyl adjacent to an activating group) is 1. The van der Waals surface area contributed by atoms with Gasteiger partial charge in [-0.2, -0.15) is 0 Å². The smallest absolute Gasteiger partial charge is 0.410 e. The van der Waals surface area contributed by atoms with Crippen molar-refractivity contribution < 1.29 is 56.0 Å². The lowest BCUT2D eigenvalue weighted by molar-refractivity contribution is -0.295. The summed E-state index contributed by atoms with van der Waals surface area (Å²) in [4.78, 5) is 50.7. The summed E-state index contributed by atoms with van der Waals surface area (Å²) < 4.78 is 71.2. The fraction of sp³-hybridized carbons (Fsp3) is 0.739. The largest absolute Gasteiger partial charge is 0.458 e. The molecule has 0 radical (unpaired) electrons. The van der Waals surface area contributed by atoms with E-state index in [-0.39, 0.29) is 29.3 Å². The van der Waals surface area contributed by atoms with Crippen LogP contribution in [0.15, 0.2) is 40.4 Å². The van der Waals surface area contributed by atoms with E-state index in [9.17, 15) is 32.3 Å². The second-order valence-electron chi connectivity index (χ2n) is 19.2. The maximum atomic E-state index is 14.5. The van der Waals surface area contributed by atoms with E-state index in [1.807, 2.05) is 46.6 Å². The van der Waals surface area contributed by atoms with Crippen molar-refractivity contribution in [2.45, 2.75) is 152 Å². The summed E-state index contributed by atoms with van der Waals surface area (Å²) in [6.07, 6.45) is -0.367. The first-order chi connectivity index (χ1) is 30.6. The topological polar surface area (TPSA) is 201 Å². The lowest BCUT2D eigenvalue weighted by Crippen LogP contribution is -2.60. The number of Topliss-reactive ketones (excluding diaryl/α,β-unsaturated/α-hetero) is 1. The molecule has 0 spiro atoms. The number of carbonyl (C=O) groups is 3. The van der Waals surface area contributed by atoms with Crippen molar-refractivity contribution in [3.8, 4) is 0 Å². The van der Waals surface area contributed by atoms with Gasteiger partial charge in [-0.15, -0.1) is 5.10 Å². The van der Waals surface area contributed by atoms with Crippen LogP contribution in [0.4, 0.5) is 9.18 Å². The van der Waals surface area contributed by atoms with Crippen LogP contribution in [0.2, 0.25) is 0 Å². The Morgan fingerprint density at radius 1 is 1.08 bits per heavy atom. The second kappa shape index (κ2) is 20.1. The molecule has 4 aliphatic heterocycles. The number of sulfone groups is 1. The average molecular weight is 933 g/mol. The van der Waals surface area contributed by atoms with E-state index in [2.05, 4.69) is 10.3 Å². The first kappa shape index (κ1) is 50.5. The van der Waals surface area contributed by atoms with Gasteiger partial charge in [-0.05, 0) is 84.0 Å². The molecule has 1 aromatic carbocycles. The highest BCUT2D eigenvalue weighted by Crippen LogP contribution is 2.44. The van der Waals surface area contributed by atoms with E-state index in [4.69, 9.17) is 28.7 Å². The molecule has 362 valence electrons. The monoisotopic (exact) mass is 932 g/mol. The summed E-state index contributed by atoms with van der Waals surface area (Å²) in [6, 6.07) is 4.77. The van der Waals surface area contributed by atoms with Crippen LogP contribution < -0.4 is 0 Å². The van der Waals surface area contributed by atoms with Crippen LogP contribution in [-0.4, -0.2) is 163 Å². The Labute approximate surface area is 382 Å². The van der Waals surface area contributed by atoms with Gasteiger partial charge in [0.15, 0.2) is 27.5 Å². The number of nitrogens with zero attached hydrogens (tertiary/aromatic N) is 6. The minimum atomic E-state index is -3.36. The number of amides is 1. The van der Waals surface area contributed by atoms with Gasteiger partial charge in [0.05, 0.1) is 47.0 Å². The molecule has 1 aromatic heterocycles. The summed E-state index contributed by atoms with van der Waals surface area (Å²) in [5.41, 5.74) is -0.152. The molecular weight excluding hydrogens is 864 g/mol. The number of ketones is 1. The van der Waals surface area contributed by atoms with E-state index >= 15 is 0 Å². The van der Waals surface area contributed by atoms with Crippen molar-refractivity contribution in [1.82, 2.24) is 24.8 Å². The number of halogens is 1. The van der Waals surface area contributed by atoms with Crippen molar-refractivity contribution in [1.29, 1.82) is 0 Å². The summed E-state index contributed by atoms with van der Waals surface area (Å²) in [6.45, 7) is 15.1. The van der Waals surface area contributed by atoms with Gasteiger partial charge in [0, 0.05) is 62.7 Å². The van der Waals surface area contributed by atoms with Crippen LogP contribution in [0.1, 0.15) is 92.0 Å². The Morgan fingerprint density at radius 2 is 1.77 bits per heavy atom. The number of alkyl halides is 1. The summed E-state index contributed by atoms with van der Waals surface area (Å²) >= 11 is 0. The van der Waals surface area contributed by atoms with E-state index in [1.54, 1.807) is 44.2 Å². The van der Waals surface area contributed by atoms with Gasteiger partial charge in [0.1, 0.15) is 24.8 Å². The van der Waals surface area contributed by atoms with Crippen molar-refractivity contribution in [2.75, 3.05) is 46.7 Å². The molecule has 17 nitrogen and oxygen atoms in total. The number of aliphatic hydroxyl groups excluding tert-OH is 1. The van der Waals surface area contributed by atoms with Crippen LogP contribution >= 0.6 is 0 Å². The minimum absolute atomic E-state index is 0.190. The fourth-order valence-corrected chi connectivity index (χ4v) is 11.3. The highest BCUT2D eigenvalue weighted by atomic mass is 32.2. The van der Waals surface area contributed by atoms with Crippen molar-refractivity contribution in [3.05, 3.63) is 41.7 Å². The number of hydrogen-bond donors (Lipinski definition) is 1. The standard InChI is InChI=1S/C46H69FN6O11S/c1-12-36-46(8)40-28(4)37(48-18-20-52(40)44(57)64-46)26(2)23-45(7,60-10)41(29(5)38(54)30(6)42(56)62-36)63-43-39(55)35(21-27(3)61-43)51(9)19-17-32-25-53(50-49-32)33(24-47)22-31-13-15-34(16-14-31)65(11,58)59/h13-16,25-30,33,35-36,39-41,43,55H,12,17-24H2,1-11H3/t26-,27-,28+,29+,30-,33+,35+,36-,39-,40-,41-,43+,45-,46-/m1/s1.